The van der Waals surface area contributed by atoms with Crippen LogP contribution in [0.15, 0.2) is 0 Å². The van der Waals surface area contributed by atoms with Crippen molar-refractivity contribution in [3.63, 3.8) is 0 Å². The summed E-state index contributed by atoms with van der Waals surface area (Å²) >= 11 is 0. The van der Waals surface area contributed by atoms with E-state index in [1.54, 1.807) is 0 Å². The van der Waals surface area contributed by atoms with E-state index in [4.69, 9.17) is 14.2 Å². The topological polar surface area (TPSA) is 78.9 Å². The summed E-state index contributed by atoms with van der Waals surface area (Å²) in [7, 11) is 0. The van der Waals surface area contributed by atoms with Gasteiger partial charge in [0.15, 0.2) is 6.10 Å². The normalized spacial score (nSPS) is 11.9. The largest absolute Gasteiger partial charge is 0.462 e. The van der Waals surface area contributed by atoms with Crippen molar-refractivity contribution in [3.8, 4) is 0 Å². The Morgan fingerprint density at radius 3 is 0.925 bits per heavy atom. The number of hydrogen-bond acceptors (Lipinski definition) is 6. The number of ether oxygens (including phenoxy) is 3. The third kappa shape index (κ3) is 41.4. The number of unbranched alkanes of at least 4 members (excludes halogenated alkanes) is 29. The van der Waals surface area contributed by atoms with E-state index in [9.17, 15) is 14.4 Å². The summed E-state index contributed by atoms with van der Waals surface area (Å²) in [5.74, 6) is -0.0847. The van der Waals surface area contributed by atoms with Gasteiger partial charge in [-0.15, -0.1) is 0 Å². The molecule has 0 amide bonds. The van der Waals surface area contributed by atoms with Crippen LogP contribution in [0, 0.1) is 5.92 Å². The molecule has 0 N–H and O–H groups in total. The van der Waals surface area contributed by atoms with Gasteiger partial charge >= 0.3 is 17.9 Å². The molecule has 6 nitrogen and oxygen atoms in total. The predicted octanol–water partition coefficient (Wildman–Crippen LogP) is 14.7. The second-order valence-electron chi connectivity index (χ2n) is 16.5. The van der Waals surface area contributed by atoms with Crippen molar-refractivity contribution in [3.05, 3.63) is 0 Å². The minimum absolute atomic E-state index is 0.0648. The van der Waals surface area contributed by atoms with Gasteiger partial charge in [0, 0.05) is 19.3 Å². The van der Waals surface area contributed by atoms with Gasteiger partial charge in [-0.25, -0.2) is 0 Å². The molecule has 0 heterocycles. The molecule has 0 saturated heterocycles. The molecule has 0 radical (unpaired) electrons. The molecular weight excluding hydrogens is 661 g/mol. The third-order valence-corrected chi connectivity index (χ3v) is 10.5. The van der Waals surface area contributed by atoms with E-state index in [0.717, 1.165) is 63.7 Å². The average molecular weight is 751 g/mol. The highest BCUT2D eigenvalue weighted by molar-refractivity contribution is 5.71. The van der Waals surface area contributed by atoms with E-state index in [0.29, 0.717) is 19.3 Å². The van der Waals surface area contributed by atoms with E-state index >= 15 is 0 Å². The van der Waals surface area contributed by atoms with E-state index in [2.05, 4.69) is 27.7 Å². The highest BCUT2D eigenvalue weighted by Crippen LogP contribution is 2.16. The lowest BCUT2D eigenvalue weighted by Crippen LogP contribution is -2.30. The van der Waals surface area contributed by atoms with Gasteiger partial charge in [-0.2, -0.15) is 0 Å². The summed E-state index contributed by atoms with van der Waals surface area (Å²) in [6, 6.07) is 0. The zero-order valence-corrected chi connectivity index (χ0v) is 36.0. The van der Waals surface area contributed by atoms with Crippen LogP contribution < -0.4 is 0 Å². The van der Waals surface area contributed by atoms with Crippen molar-refractivity contribution >= 4 is 17.9 Å². The molecule has 53 heavy (non-hydrogen) atoms. The van der Waals surface area contributed by atoms with Gasteiger partial charge in [0.1, 0.15) is 13.2 Å². The van der Waals surface area contributed by atoms with Gasteiger partial charge in [-0.1, -0.05) is 220 Å². The molecule has 0 aliphatic carbocycles. The van der Waals surface area contributed by atoms with Crippen LogP contribution >= 0.6 is 0 Å². The summed E-state index contributed by atoms with van der Waals surface area (Å²) in [6.07, 6.45) is 41.1. The molecular formula is C47H90O6. The minimum Gasteiger partial charge on any atom is -0.462 e. The first-order valence-electron chi connectivity index (χ1n) is 23.4. The summed E-state index contributed by atoms with van der Waals surface area (Å²) in [5.41, 5.74) is 0. The van der Waals surface area contributed by atoms with E-state index < -0.39 is 6.10 Å². The van der Waals surface area contributed by atoms with E-state index in [-0.39, 0.29) is 31.1 Å². The molecule has 0 aliphatic heterocycles. The number of carbonyl (C=O) groups excluding carboxylic acids is 3. The molecule has 0 aromatic carbocycles. The summed E-state index contributed by atoms with van der Waals surface area (Å²) in [5, 5.41) is 0. The fourth-order valence-electron chi connectivity index (χ4n) is 6.98. The Bertz CT molecular complexity index is 796. The quantitative estimate of drug-likeness (QED) is 0.0351. The molecule has 314 valence electrons. The van der Waals surface area contributed by atoms with Crippen LogP contribution in [0.2, 0.25) is 0 Å². The average Bonchev–Trinajstić information content (AvgIpc) is 3.14. The Labute approximate surface area is 329 Å². The molecule has 6 heteroatoms. The second-order valence-corrected chi connectivity index (χ2v) is 16.5. The molecule has 0 rings (SSSR count). The highest BCUT2D eigenvalue weighted by Gasteiger charge is 2.19. The standard InChI is InChI=1S/C47H90O6/c1-5-7-9-11-13-14-15-16-17-18-19-20-21-22-23-27-31-35-39-46(49)52-42-44(41-51-45(48)38-34-30-25-12-10-8-6-2)53-47(50)40-36-32-28-24-26-29-33-37-43(3)4/h43-44H,5-42H2,1-4H3/t44-/m0/s1. The van der Waals surface area contributed by atoms with Gasteiger partial charge in [-0.3, -0.25) is 14.4 Å². The van der Waals surface area contributed by atoms with Crippen molar-refractivity contribution in [1.29, 1.82) is 0 Å². The molecule has 0 bridgehead atoms. The fourth-order valence-corrected chi connectivity index (χ4v) is 6.98. The first-order chi connectivity index (χ1) is 25.9. The third-order valence-electron chi connectivity index (χ3n) is 10.5. The minimum atomic E-state index is -0.759. The van der Waals surface area contributed by atoms with Gasteiger partial charge in [0.2, 0.25) is 0 Å². The van der Waals surface area contributed by atoms with Gasteiger partial charge in [-0.05, 0) is 25.2 Å². The number of hydrogen-bond donors (Lipinski definition) is 0. The Morgan fingerprint density at radius 1 is 0.358 bits per heavy atom. The van der Waals surface area contributed by atoms with Gasteiger partial charge < -0.3 is 14.2 Å². The van der Waals surface area contributed by atoms with Crippen molar-refractivity contribution in [1.82, 2.24) is 0 Å². The number of carbonyl (C=O) groups is 3. The van der Waals surface area contributed by atoms with Crippen LogP contribution in [0.3, 0.4) is 0 Å². The molecule has 0 aromatic rings. The lowest BCUT2D eigenvalue weighted by molar-refractivity contribution is -0.167. The first-order valence-corrected chi connectivity index (χ1v) is 23.4. The molecule has 1 atom stereocenters. The second kappa shape index (κ2) is 41.6. The summed E-state index contributed by atoms with van der Waals surface area (Å²) in [6.45, 7) is 8.91. The van der Waals surface area contributed by atoms with Crippen LogP contribution in [-0.2, 0) is 28.6 Å². The van der Waals surface area contributed by atoms with Gasteiger partial charge in [0.25, 0.3) is 0 Å². The Balaban J connectivity index is 4.17. The lowest BCUT2D eigenvalue weighted by Gasteiger charge is -2.18. The summed E-state index contributed by atoms with van der Waals surface area (Å²) in [4.78, 5) is 37.6. The Kier molecular flexibility index (Phi) is 40.3. The van der Waals surface area contributed by atoms with E-state index in [1.165, 1.54) is 154 Å². The van der Waals surface area contributed by atoms with E-state index in [1.807, 2.05) is 0 Å². The smallest absolute Gasteiger partial charge is 0.306 e. The zero-order chi connectivity index (χ0) is 38.9. The van der Waals surface area contributed by atoms with Crippen LogP contribution in [0.5, 0.6) is 0 Å². The lowest BCUT2D eigenvalue weighted by atomic mass is 10.0. The molecule has 0 spiro atoms. The maximum absolute atomic E-state index is 12.6. The maximum Gasteiger partial charge on any atom is 0.306 e. The highest BCUT2D eigenvalue weighted by atomic mass is 16.6. The fraction of sp³-hybridized carbons (Fsp3) is 0.936. The van der Waals surface area contributed by atoms with Crippen LogP contribution in [0.4, 0.5) is 0 Å². The first kappa shape index (κ1) is 51.4. The zero-order valence-electron chi connectivity index (χ0n) is 36.0. The molecule has 0 saturated carbocycles. The van der Waals surface area contributed by atoms with Crippen molar-refractivity contribution in [2.75, 3.05) is 13.2 Å². The predicted molar refractivity (Wildman–Crippen MR) is 224 cm³/mol. The Hall–Kier alpha value is -1.59. The molecule has 0 unspecified atom stereocenters. The molecule has 0 fully saturated rings. The van der Waals surface area contributed by atoms with Crippen molar-refractivity contribution in [2.24, 2.45) is 5.92 Å². The van der Waals surface area contributed by atoms with Crippen LogP contribution in [-0.4, -0.2) is 37.2 Å². The van der Waals surface area contributed by atoms with Crippen molar-refractivity contribution < 1.29 is 28.6 Å². The Morgan fingerprint density at radius 2 is 0.623 bits per heavy atom. The van der Waals surface area contributed by atoms with Crippen LogP contribution in [0.1, 0.15) is 259 Å². The maximum atomic E-state index is 12.6. The van der Waals surface area contributed by atoms with Gasteiger partial charge in [0.05, 0.1) is 0 Å². The molecule has 0 aromatic heterocycles. The summed E-state index contributed by atoms with van der Waals surface area (Å²) < 4.78 is 16.7. The number of esters is 3. The molecule has 0 aliphatic rings. The monoisotopic (exact) mass is 751 g/mol. The van der Waals surface area contributed by atoms with Crippen LogP contribution in [0.25, 0.3) is 0 Å². The number of rotatable bonds is 42. The van der Waals surface area contributed by atoms with Crippen molar-refractivity contribution in [2.45, 2.75) is 265 Å². The SMILES string of the molecule is CCCCCCCCCCCCCCCCCCCCC(=O)OC[C@H](COC(=O)CCCCCCCCC)OC(=O)CCCCCCCCCC(C)C.